The molecule has 1 aromatic rings. The first-order valence-corrected chi connectivity index (χ1v) is 5.19. The van der Waals surface area contributed by atoms with E-state index in [0.29, 0.717) is 11.9 Å². The molecule has 6 heteroatoms. The summed E-state index contributed by atoms with van der Waals surface area (Å²) in [6.07, 6.45) is 1.29. The molecule has 1 aliphatic heterocycles. The van der Waals surface area contributed by atoms with Crippen LogP contribution in [0.5, 0.6) is 0 Å². The monoisotopic (exact) mass is 212 g/mol. The van der Waals surface area contributed by atoms with Gasteiger partial charge in [0, 0.05) is 13.1 Å². The van der Waals surface area contributed by atoms with Crippen molar-refractivity contribution in [2.75, 3.05) is 18.0 Å². The average molecular weight is 212 g/mol. The van der Waals surface area contributed by atoms with E-state index in [-0.39, 0.29) is 12.1 Å². The molecule has 0 bridgehead atoms. The van der Waals surface area contributed by atoms with Gasteiger partial charge in [-0.3, -0.25) is 0 Å². The lowest BCUT2D eigenvalue weighted by Crippen LogP contribution is -2.35. The summed E-state index contributed by atoms with van der Waals surface area (Å²) in [7, 11) is 0. The van der Waals surface area contributed by atoms with E-state index in [0.717, 1.165) is 25.9 Å². The molecular weight excluding hydrogens is 196 g/mol. The third-order valence-electron chi connectivity index (χ3n) is 2.55. The minimum atomic E-state index is -0.235. The highest BCUT2D eigenvalue weighted by Gasteiger charge is 2.21. The zero-order valence-electron chi connectivity index (χ0n) is 8.76. The lowest BCUT2D eigenvalue weighted by molar-refractivity contribution is 0.144. The normalized spacial score (nSPS) is 20.6. The van der Waals surface area contributed by atoms with E-state index in [1.165, 1.54) is 0 Å². The van der Waals surface area contributed by atoms with Gasteiger partial charge in [-0.1, -0.05) is 5.10 Å². The van der Waals surface area contributed by atoms with Gasteiger partial charge in [-0.05, 0) is 19.8 Å². The standard InChI is InChI=1S/C9H16N4O2/c1-6(10)8-11-12-9(15-8)13-4-2-7(14)3-5-13/h6-7,14H,2-5,10H2,1H3. The van der Waals surface area contributed by atoms with Crippen molar-refractivity contribution < 1.29 is 9.52 Å². The van der Waals surface area contributed by atoms with Crippen molar-refractivity contribution in [2.24, 2.45) is 5.73 Å². The van der Waals surface area contributed by atoms with Gasteiger partial charge in [-0.25, -0.2) is 0 Å². The van der Waals surface area contributed by atoms with Gasteiger partial charge in [0.2, 0.25) is 5.89 Å². The molecule has 0 radical (unpaired) electrons. The first-order valence-electron chi connectivity index (χ1n) is 5.19. The molecule has 2 heterocycles. The predicted octanol–water partition coefficient (Wildman–Crippen LogP) is 0.0504. The quantitative estimate of drug-likeness (QED) is 0.720. The SMILES string of the molecule is CC(N)c1nnc(N2CCC(O)CC2)o1. The van der Waals surface area contributed by atoms with Gasteiger partial charge < -0.3 is 20.2 Å². The van der Waals surface area contributed by atoms with Crippen molar-refractivity contribution in [1.29, 1.82) is 0 Å². The van der Waals surface area contributed by atoms with Gasteiger partial charge in [0.15, 0.2) is 0 Å². The second-order valence-electron chi connectivity index (χ2n) is 3.93. The summed E-state index contributed by atoms with van der Waals surface area (Å²) in [6, 6.07) is 0.274. The van der Waals surface area contributed by atoms with Crippen LogP contribution in [0.1, 0.15) is 31.7 Å². The first kappa shape index (κ1) is 10.4. The van der Waals surface area contributed by atoms with Gasteiger partial charge in [-0.15, -0.1) is 5.10 Å². The van der Waals surface area contributed by atoms with Crippen LogP contribution < -0.4 is 10.6 Å². The number of aromatic nitrogens is 2. The molecule has 6 nitrogen and oxygen atoms in total. The molecule has 1 aromatic heterocycles. The minimum absolute atomic E-state index is 0.197. The number of nitrogens with zero attached hydrogens (tertiary/aromatic N) is 3. The van der Waals surface area contributed by atoms with Gasteiger partial charge in [0.1, 0.15) is 0 Å². The molecule has 1 unspecified atom stereocenters. The van der Waals surface area contributed by atoms with E-state index in [2.05, 4.69) is 10.2 Å². The summed E-state index contributed by atoms with van der Waals surface area (Å²) >= 11 is 0. The third kappa shape index (κ3) is 2.27. The molecule has 0 amide bonds. The number of hydrogen-bond donors (Lipinski definition) is 2. The van der Waals surface area contributed by atoms with E-state index in [4.69, 9.17) is 10.2 Å². The van der Waals surface area contributed by atoms with Crippen molar-refractivity contribution in [3.05, 3.63) is 5.89 Å². The Morgan fingerprint density at radius 3 is 2.67 bits per heavy atom. The van der Waals surface area contributed by atoms with Crippen molar-refractivity contribution >= 4 is 6.01 Å². The largest absolute Gasteiger partial charge is 0.406 e. The van der Waals surface area contributed by atoms with Gasteiger partial charge >= 0.3 is 6.01 Å². The summed E-state index contributed by atoms with van der Waals surface area (Å²) in [5.41, 5.74) is 5.62. The van der Waals surface area contributed by atoms with E-state index in [1.807, 2.05) is 4.90 Å². The van der Waals surface area contributed by atoms with Crippen molar-refractivity contribution in [3.63, 3.8) is 0 Å². The van der Waals surface area contributed by atoms with E-state index in [9.17, 15) is 5.11 Å². The minimum Gasteiger partial charge on any atom is -0.406 e. The van der Waals surface area contributed by atoms with Crippen LogP contribution in [-0.4, -0.2) is 34.5 Å². The summed E-state index contributed by atoms with van der Waals surface area (Å²) in [6.45, 7) is 3.31. The molecule has 3 N–H and O–H groups in total. The Morgan fingerprint density at radius 1 is 1.47 bits per heavy atom. The van der Waals surface area contributed by atoms with Crippen LogP contribution in [-0.2, 0) is 0 Å². The number of rotatable bonds is 2. The maximum atomic E-state index is 9.35. The molecule has 0 spiro atoms. The number of aliphatic hydroxyl groups is 1. The van der Waals surface area contributed by atoms with E-state index >= 15 is 0 Å². The second kappa shape index (κ2) is 4.16. The Bertz CT molecular complexity index is 318. The Morgan fingerprint density at radius 2 is 2.13 bits per heavy atom. The van der Waals surface area contributed by atoms with Crippen LogP contribution in [0.15, 0.2) is 4.42 Å². The smallest absolute Gasteiger partial charge is 0.318 e. The van der Waals surface area contributed by atoms with Gasteiger partial charge in [-0.2, -0.15) is 0 Å². The van der Waals surface area contributed by atoms with Gasteiger partial charge in [0.05, 0.1) is 12.1 Å². The molecule has 1 atom stereocenters. The predicted molar refractivity (Wildman–Crippen MR) is 54.4 cm³/mol. The second-order valence-corrected chi connectivity index (χ2v) is 3.93. The molecule has 1 fully saturated rings. The zero-order chi connectivity index (χ0) is 10.8. The first-order chi connectivity index (χ1) is 7.16. The molecule has 0 aromatic carbocycles. The summed E-state index contributed by atoms with van der Waals surface area (Å²) in [5.74, 6) is 0.455. The third-order valence-corrected chi connectivity index (χ3v) is 2.55. The van der Waals surface area contributed by atoms with Crippen LogP contribution in [0.3, 0.4) is 0 Å². The van der Waals surface area contributed by atoms with Crippen LogP contribution in [0.2, 0.25) is 0 Å². The summed E-state index contributed by atoms with van der Waals surface area (Å²) in [5, 5.41) is 17.2. The Kier molecular flexibility index (Phi) is 2.88. The number of aliphatic hydroxyl groups excluding tert-OH is 1. The lowest BCUT2D eigenvalue weighted by atomic mass is 10.1. The fourth-order valence-electron chi connectivity index (χ4n) is 1.60. The topological polar surface area (TPSA) is 88.4 Å². The highest BCUT2D eigenvalue weighted by atomic mass is 16.4. The maximum Gasteiger partial charge on any atom is 0.318 e. The Hall–Kier alpha value is -1.14. The highest BCUT2D eigenvalue weighted by Crippen LogP contribution is 2.20. The molecular formula is C9H16N4O2. The van der Waals surface area contributed by atoms with E-state index < -0.39 is 0 Å². The molecule has 1 aliphatic rings. The number of anilines is 1. The number of piperidine rings is 1. The van der Waals surface area contributed by atoms with Crippen LogP contribution in [0.4, 0.5) is 6.01 Å². The fraction of sp³-hybridized carbons (Fsp3) is 0.778. The molecule has 0 saturated carbocycles. The lowest BCUT2D eigenvalue weighted by Gasteiger charge is -2.27. The van der Waals surface area contributed by atoms with E-state index in [1.54, 1.807) is 6.92 Å². The van der Waals surface area contributed by atoms with Crippen molar-refractivity contribution in [2.45, 2.75) is 31.9 Å². The Labute approximate surface area is 88.1 Å². The molecule has 15 heavy (non-hydrogen) atoms. The van der Waals surface area contributed by atoms with Gasteiger partial charge in [0.25, 0.3) is 0 Å². The molecule has 2 rings (SSSR count). The molecule has 1 saturated heterocycles. The van der Waals surface area contributed by atoms with Crippen molar-refractivity contribution in [3.8, 4) is 0 Å². The van der Waals surface area contributed by atoms with Crippen LogP contribution in [0.25, 0.3) is 0 Å². The summed E-state index contributed by atoms with van der Waals surface area (Å²) < 4.78 is 5.42. The maximum absolute atomic E-state index is 9.35. The molecule has 84 valence electrons. The van der Waals surface area contributed by atoms with Crippen LogP contribution in [0, 0.1) is 0 Å². The summed E-state index contributed by atoms with van der Waals surface area (Å²) in [4.78, 5) is 1.98. The van der Waals surface area contributed by atoms with Crippen LogP contribution >= 0.6 is 0 Å². The highest BCUT2D eigenvalue weighted by molar-refractivity contribution is 5.25. The zero-order valence-corrected chi connectivity index (χ0v) is 8.76. The Balaban J connectivity index is 2.03. The number of hydrogen-bond acceptors (Lipinski definition) is 6. The number of nitrogens with two attached hydrogens (primary N) is 1. The van der Waals surface area contributed by atoms with Crippen molar-refractivity contribution in [1.82, 2.24) is 10.2 Å². The fourth-order valence-corrected chi connectivity index (χ4v) is 1.60. The molecule has 0 aliphatic carbocycles. The average Bonchev–Trinajstić information content (AvgIpc) is 2.68.